The zero-order chi connectivity index (χ0) is 24.9. The van der Waals surface area contributed by atoms with Crippen LogP contribution in [0.1, 0.15) is 33.4 Å². The summed E-state index contributed by atoms with van der Waals surface area (Å²) in [6.45, 7) is 12.6. The van der Waals surface area contributed by atoms with Crippen molar-refractivity contribution in [1.29, 1.82) is 0 Å². The third-order valence-corrected chi connectivity index (χ3v) is 7.51. The maximum Gasteiger partial charge on any atom is 0.120 e. The monoisotopic (exact) mass is 468 g/mol. The fraction of sp³-hybridized carbons (Fsp3) is 0.200. The van der Waals surface area contributed by atoms with E-state index in [1.54, 1.807) is 0 Å². The Balaban J connectivity index is 1.76. The molecule has 0 amide bonds. The summed E-state index contributed by atoms with van der Waals surface area (Å²) in [5, 5.41) is 0. The second-order valence-electron chi connectivity index (χ2n) is 10.0. The third-order valence-electron chi connectivity index (χ3n) is 7.51. The molecule has 7 aromatic rings. The zero-order valence-electron chi connectivity index (χ0n) is 21.1. The molecule has 0 saturated carbocycles. The molecule has 6 nitrogen and oxygen atoms in total. The summed E-state index contributed by atoms with van der Waals surface area (Å²) >= 11 is 0. The van der Waals surface area contributed by atoms with Gasteiger partial charge in [0.1, 0.15) is 33.1 Å². The lowest BCUT2D eigenvalue weighted by molar-refractivity contribution is 1.29. The van der Waals surface area contributed by atoms with E-state index in [1.807, 2.05) is 0 Å². The molecule has 0 atom stereocenters. The fourth-order valence-corrected chi connectivity index (χ4v) is 4.93. The lowest BCUT2D eigenvalue weighted by Crippen LogP contribution is -2.00. The van der Waals surface area contributed by atoms with Crippen molar-refractivity contribution in [3.8, 4) is 0 Å². The van der Waals surface area contributed by atoms with E-state index in [4.69, 9.17) is 29.9 Å². The Bertz CT molecular complexity index is 1690. The van der Waals surface area contributed by atoms with Crippen LogP contribution in [0.4, 0.5) is 0 Å². The Morgan fingerprint density at radius 1 is 0.278 bits per heavy atom. The highest BCUT2D eigenvalue weighted by Gasteiger charge is 2.19. The van der Waals surface area contributed by atoms with Crippen molar-refractivity contribution in [3.63, 3.8) is 0 Å². The number of nitrogens with zero attached hydrogens (tertiary/aromatic N) is 6. The first-order chi connectivity index (χ1) is 17.3. The van der Waals surface area contributed by atoms with E-state index in [2.05, 4.69) is 77.9 Å². The van der Waals surface area contributed by atoms with Gasteiger partial charge in [0, 0.05) is 0 Å². The smallest absolute Gasteiger partial charge is 0.120 e. The Morgan fingerprint density at radius 3 is 0.556 bits per heavy atom. The van der Waals surface area contributed by atoms with E-state index in [1.165, 1.54) is 33.4 Å². The van der Waals surface area contributed by atoms with Crippen LogP contribution in [0.2, 0.25) is 0 Å². The van der Waals surface area contributed by atoms with Crippen LogP contribution in [0.25, 0.3) is 66.2 Å². The zero-order valence-corrected chi connectivity index (χ0v) is 21.1. The van der Waals surface area contributed by atoms with Crippen molar-refractivity contribution in [3.05, 3.63) is 69.8 Å². The summed E-state index contributed by atoms with van der Waals surface area (Å²) in [6, 6.07) is 12.5. The molecule has 0 spiro atoms. The molecular formula is C30H24N6. The Morgan fingerprint density at radius 2 is 0.417 bits per heavy atom. The minimum Gasteiger partial charge on any atom is -0.242 e. The molecular weight excluding hydrogens is 444 g/mol. The van der Waals surface area contributed by atoms with Crippen LogP contribution in [0.5, 0.6) is 0 Å². The first kappa shape index (κ1) is 21.0. The first-order valence-corrected chi connectivity index (χ1v) is 12.1. The summed E-state index contributed by atoms with van der Waals surface area (Å²) in [4.78, 5) is 30.5. The van der Waals surface area contributed by atoms with Gasteiger partial charge in [-0.05, 0) is 111 Å². The largest absolute Gasteiger partial charge is 0.242 e. The molecule has 0 unspecified atom stereocenters. The molecule has 0 radical (unpaired) electrons. The molecule has 0 aliphatic rings. The SMILES string of the molecule is Cc1cc2nc3c4nc5cc(C)c(C)cc5nc4c4nc5cc(C)c(C)cc5nc4c3nc2cc1C. The standard InChI is InChI=1S/C30H24N6/c1-13-7-19-20(8-14(13)2)32-26-25(31-19)27-29(35-22-10-16(4)15(3)9-21(22)33-27)30-28(26)34-23-11-17(5)18(6)12-24(23)36-30/h7-12H,1-6H3. The second kappa shape index (κ2) is 7.10. The Hall–Kier alpha value is -4.32. The molecule has 0 N–H and O–H groups in total. The Kier molecular flexibility index (Phi) is 4.14. The van der Waals surface area contributed by atoms with Crippen LogP contribution < -0.4 is 0 Å². The molecule has 36 heavy (non-hydrogen) atoms. The van der Waals surface area contributed by atoms with E-state index >= 15 is 0 Å². The molecule has 6 heteroatoms. The van der Waals surface area contributed by atoms with Gasteiger partial charge < -0.3 is 0 Å². The molecule has 3 heterocycles. The van der Waals surface area contributed by atoms with Gasteiger partial charge in [-0.2, -0.15) is 0 Å². The van der Waals surface area contributed by atoms with Crippen LogP contribution in [-0.2, 0) is 0 Å². The molecule has 3 aromatic heterocycles. The van der Waals surface area contributed by atoms with Crippen molar-refractivity contribution < 1.29 is 0 Å². The average molecular weight is 469 g/mol. The van der Waals surface area contributed by atoms with Gasteiger partial charge in [0.05, 0.1) is 33.1 Å². The molecule has 0 aliphatic heterocycles. The van der Waals surface area contributed by atoms with E-state index < -0.39 is 0 Å². The number of aromatic nitrogens is 6. The number of aryl methyl sites for hydroxylation is 6. The van der Waals surface area contributed by atoms with Gasteiger partial charge in [-0.15, -0.1) is 0 Å². The lowest BCUT2D eigenvalue weighted by atomic mass is 10.1. The maximum absolute atomic E-state index is 5.08. The van der Waals surface area contributed by atoms with Crippen molar-refractivity contribution in [2.45, 2.75) is 41.5 Å². The lowest BCUT2D eigenvalue weighted by Gasteiger charge is -2.12. The quantitative estimate of drug-likeness (QED) is 0.179. The molecule has 7 rings (SSSR count). The van der Waals surface area contributed by atoms with E-state index in [0.717, 1.165) is 33.1 Å². The molecule has 0 saturated heterocycles. The summed E-state index contributed by atoms with van der Waals surface area (Å²) in [6.07, 6.45) is 0. The summed E-state index contributed by atoms with van der Waals surface area (Å²) in [5.41, 5.74) is 16.4. The number of hydrogen-bond acceptors (Lipinski definition) is 6. The Labute approximate surface area is 207 Å². The first-order valence-electron chi connectivity index (χ1n) is 12.1. The normalized spacial score (nSPS) is 12.2. The second-order valence-corrected chi connectivity index (χ2v) is 10.0. The van der Waals surface area contributed by atoms with Crippen molar-refractivity contribution in [1.82, 2.24) is 29.9 Å². The van der Waals surface area contributed by atoms with Gasteiger partial charge >= 0.3 is 0 Å². The number of rotatable bonds is 0. The van der Waals surface area contributed by atoms with Gasteiger partial charge in [-0.1, -0.05) is 0 Å². The summed E-state index contributed by atoms with van der Waals surface area (Å²) < 4.78 is 0. The fourth-order valence-electron chi connectivity index (χ4n) is 4.93. The van der Waals surface area contributed by atoms with Crippen molar-refractivity contribution in [2.75, 3.05) is 0 Å². The molecule has 174 valence electrons. The maximum atomic E-state index is 5.08. The van der Waals surface area contributed by atoms with Crippen LogP contribution in [-0.4, -0.2) is 29.9 Å². The predicted octanol–water partition coefficient (Wildman–Crippen LogP) is 6.83. The minimum absolute atomic E-state index is 0.707. The molecule has 4 aromatic carbocycles. The van der Waals surface area contributed by atoms with Gasteiger partial charge in [-0.3, -0.25) is 0 Å². The molecule has 0 aliphatic carbocycles. The van der Waals surface area contributed by atoms with Crippen LogP contribution in [0.15, 0.2) is 36.4 Å². The van der Waals surface area contributed by atoms with Crippen molar-refractivity contribution >= 4 is 66.2 Å². The number of fused-ring (bicyclic) bond motifs is 9. The van der Waals surface area contributed by atoms with Crippen molar-refractivity contribution in [2.24, 2.45) is 0 Å². The van der Waals surface area contributed by atoms with Gasteiger partial charge in [-0.25, -0.2) is 29.9 Å². The molecule has 0 bridgehead atoms. The summed E-state index contributed by atoms with van der Waals surface area (Å²) in [7, 11) is 0. The predicted molar refractivity (Wildman–Crippen MR) is 147 cm³/mol. The highest BCUT2D eigenvalue weighted by molar-refractivity contribution is 6.21. The van der Waals surface area contributed by atoms with E-state index in [-0.39, 0.29) is 0 Å². The highest BCUT2D eigenvalue weighted by Crippen LogP contribution is 2.34. The highest BCUT2D eigenvalue weighted by atomic mass is 14.9. The van der Waals surface area contributed by atoms with Gasteiger partial charge in [0.15, 0.2) is 0 Å². The van der Waals surface area contributed by atoms with Crippen LogP contribution in [0, 0.1) is 41.5 Å². The minimum atomic E-state index is 0.707. The molecule has 0 fully saturated rings. The number of hydrogen-bond donors (Lipinski definition) is 0. The third kappa shape index (κ3) is 2.90. The van der Waals surface area contributed by atoms with Crippen LogP contribution in [0.3, 0.4) is 0 Å². The topological polar surface area (TPSA) is 77.3 Å². The van der Waals surface area contributed by atoms with Gasteiger partial charge in [0.25, 0.3) is 0 Å². The van der Waals surface area contributed by atoms with Gasteiger partial charge in [0.2, 0.25) is 0 Å². The number of benzene rings is 4. The van der Waals surface area contributed by atoms with E-state index in [0.29, 0.717) is 33.1 Å². The van der Waals surface area contributed by atoms with Crippen LogP contribution >= 0.6 is 0 Å². The summed E-state index contributed by atoms with van der Waals surface area (Å²) in [5.74, 6) is 0. The average Bonchev–Trinajstić information content (AvgIpc) is 2.84. The van der Waals surface area contributed by atoms with E-state index in [9.17, 15) is 0 Å².